The second-order valence-electron chi connectivity index (χ2n) is 7.27. The number of carbonyl (C=O) groups is 1. The summed E-state index contributed by atoms with van der Waals surface area (Å²) < 4.78 is 0. The van der Waals surface area contributed by atoms with Crippen molar-refractivity contribution < 1.29 is 4.79 Å². The number of likely N-dealkylation sites (N-methyl/N-ethyl adjacent to an activating group) is 1. The van der Waals surface area contributed by atoms with Crippen LogP contribution in [0.5, 0.6) is 0 Å². The van der Waals surface area contributed by atoms with Crippen molar-refractivity contribution in [3.63, 3.8) is 0 Å². The van der Waals surface area contributed by atoms with E-state index in [2.05, 4.69) is 28.8 Å². The number of piperazine rings is 1. The molecule has 1 amide bonds. The molecule has 3 rings (SSSR count). The summed E-state index contributed by atoms with van der Waals surface area (Å²) >= 11 is 5.83. The number of halogens is 1. The lowest BCUT2D eigenvalue weighted by atomic mass is 9.89. The number of nitrogens with one attached hydrogen (secondary N) is 1. The highest BCUT2D eigenvalue weighted by Crippen LogP contribution is 2.25. The first-order chi connectivity index (χ1) is 12.0. The number of amides is 1. The SMILES string of the molecule is CC(C1CCN(C(=O)c2c[nH]c(=O)c(Cl)c2)CC1)N1CCN(C)CC1. The molecule has 0 spiro atoms. The van der Waals surface area contributed by atoms with E-state index < -0.39 is 0 Å². The van der Waals surface area contributed by atoms with Crippen molar-refractivity contribution in [3.05, 3.63) is 33.2 Å². The smallest absolute Gasteiger partial charge is 0.266 e. The quantitative estimate of drug-likeness (QED) is 0.881. The van der Waals surface area contributed by atoms with Gasteiger partial charge in [0.25, 0.3) is 11.5 Å². The number of carbonyl (C=O) groups excluding carboxylic acids is 1. The molecule has 6 nitrogen and oxygen atoms in total. The second kappa shape index (κ2) is 7.89. The largest absolute Gasteiger partial charge is 0.339 e. The molecule has 2 aliphatic heterocycles. The fourth-order valence-electron chi connectivity index (χ4n) is 3.87. The van der Waals surface area contributed by atoms with Crippen LogP contribution in [0.2, 0.25) is 5.02 Å². The van der Waals surface area contributed by atoms with Crippen LogP contribution in [-0.4, -0.2) is 77.9 Å². The first-order valence-electron chi connectivity index (χ1n) is 9.06. The second-order valence-corrected chi connectivity index (χ2v) is 7.68. The molecule has 2 fully saturated rings. The molecular weight excluding hydrogens is 340 g/mol. The van der Waals surface area contributed by atoms with Crippen molar-refractivity contribution >= 4 is 17.5 Å². The van der Waals surface area contributed by atoms with Crippen LogP contribution in [0.3, 0.4) is 0 Å². The standard InChI is InChI=1S/C18H27ClN4O2/c1-13(22-9-7-21(2)8-10-22)14-3-5-23(6-4-14)18(25)15-11-16(19)17(24)20-12-15/h11-14H,3-10H2,1-2H3,(H,20,24). The van der Waals surface area contributed by atoms with Gasteiger partial charge in [-0.15, -0.1) is 0 Å². The van der Waals surface area contributed by atoms with Crippen LogP contribution in [0.25, 0.3) is 0 Å². The van der Waals surface area contributed by atoms with Gasteiger partial charge in [0.2, 0.25) is 0 Å². The van der Waals surface area contributed by atoms with E-state index in [0.29, 0.717) is 17.5 Å². The van der Waals surface area contributed by atoms with Crippen LogP contribution in [0, 0.1) is 5.92 Å². The monoisotopic (exact) mass is 366 g/mol. The number of aromatic amines is 1. The predicted molar refractivity (Wildman–Crippen MR) is 99.2 cm³/mol. The number of pyridine rings is 1. The van der Waals surface area contributed by atoms with Crippen LogP contribution >= 0.6 is 11.6 Å². The fourth-order valence-corrected chi connectivity index (χ4v) is 4.05. The molecule has 0 saturated carbocycles. The summed E-state index contributed by atoms with van der Waals surface area (Å²) in [6.07, 6.45) is 3.50. The molecule has 0 bridgehead atoms. The molecule has 2 aliphatic rings. The minimum absolute atomic E-state index is 0.0520. The Morgan fingerprint density at radius 3 is 2.44 bits per heavy atom. The molecule has 1 unspecified atom stereocenters. The number of rotatable bonds is 3. The van der Waals surface area contributed by atoms with E-state index >= 15 is 0 Å². The van der Waals surface area contributed by atoms with Gasteiger partial charge in [-0.3, -0.25) is 14.5 Å². The Labute approximate surface area is 153 Å². The van der Waals surface area contributed by atoms with Crippen LogP contribution in [-0.2, 0) is 0 Å². The van der Waals surface area contributed by atoms with Gasteiger partial charge in [0.15, 0.2) is 0 Å². The van der Waals surface area contributed by atoms with Crippen LogP contribution in [0.15, 0.2) is 17.1 Å². The van der Waals surface area contributed by atoms with Crippen molar-refractivity contribution in [3.8, 4) is 0 Å². The summed E-state index contributed by atoms with van der Waals surface area (Å²) in [6.45, 7) is 8.38. The maximum atomic E-state index is 12.6. The van der Waals surface area contributed by atoms with E-state index in [9.17, 15) is 9.59 Å². The van der Waals surface area contributed by atoms with Gasteiger partial charge in [0.1, 0.15) is 5.02 Å². The summed E-state index contributed by atoms with van der Waals surface area (Å²) in [5, 5.41) is 0.0597. The Hall–Kier alpha value is -1.37. The van der Waals surface area contributed by atoms with E-state index in [4.69, 9.17) is 11.6 Å². The number of nitrogens with zero attached hydrogens (tertiary/aromatic N) is 3. The molecule has 1 aromatic heterocycles. The summed E-state index contributed by atoms with van der Waals surface area (Å²) in [5.41, 5.74) is 0.0908. The van der Waals surface area contributed by atoms with E-state index in [1.54, 1.807) is 0 Å². The number of piperidine rings is 1. The number of aromatic nitrogens is 1. The molecule has 1 N–H and O–H groups in total. The van der Waals surface area contributed by atoms with Gasteiger partial charge in [0, 0.05) is 51.5 Å². The predicted octanol–water partition coefficient (Wildman–Crippen LogP) is 1.52. The highest BCUT2D eigenvalue weighted by molar-refractivity contribution is 6.30. The molecule has 2 saturated heterocycles. The first kappa shape index (κ1) is 18.4. The number of likely N-dealkylation sites (tertiary alicyclic amines) is 1. The average Bonchev–Trinajstić information content (AvgIpc) is 2.63. The molecule has 3 heterocycles. The lowest BCUT2D eigenvalue weighted by molar-refractivity contribution is 0.0500. The van der Waals surface area contributed by atoms with Gasteiger partial charge >= 0.3 is 0 Å². The molecule has 0 radical (unpaired) electrons. The Morgan fingerprint density at radius 2 is 1.84 bits per heavy atom. The van der Waals surface area contributed by atoms with Gasteiger partial charge in [-0.2, -0.15) is 0 Å². The normalized spacial score (nSPS) is 22.1. The molecule has 0 aromatic carbocycles. The third kappa shape index (κ3) is 4.25. The Balaban J connectivity index is 1.55. The summed E-state index contributed by atoms with van der Waals surface area (Å²) in [5.74, 6) is 0.579. The molecule has 1 aromatic rings. The molecule has 25 heavy (non-hydrogen) atoms. The highest BCUT2D eigenvalue weighted by Gasteiger charge is 2.30. The average molecular weight is 367 g/mol. The minimum Gasteiger partial charge on any atom is -0.339 e. The van der Waals surface area contributed by atoms with Crippen molar-refractivity contribution in [2.45, 2.75) is 25.8 Å². The Kier molecular flexibility index (Phi) is 5.81. The maximum Gasteiger partial charge on any atom is 0.266 e. The molecule has 7 heteroatoms. The maximum absolute atomic E-state index is 12.6. The van der Waals surface area contributed by atoms with Gasteiger partial charge in [-0.1, -0.05) is 11.6 Å². The van der Waals surface area contributed by atoms with E-state index in [1.165, 1.54) is 12.3 Å². The van der Waals surface area contributed by atoms with Crippen LogP contribution < -0.4 is 5.56 Å². The van der Waals surface area contributed by atoms with E-state index in [1.807, 2.05) is 4.90 Å². The van der Waals surface area contributed by atoms with E-state index in [-0.39, 0.29) is 16.5 Å². The van der Waals surface area contributed by atoms with Gasteiger partial charge in [-0.05, 0) is 38.8 Å². The summed E-state index contributed by atoms with van der Waals surface area (Å²) in [6, 6.07) is 2.02. The topological polar surface area (TPSA) is 59.7 Å². The Morgan fingerprint density at radius 1 is 1.20 bits per heavy atom. The minimum atomic E-state index is -0.363. The van der Waals surface area contributed by atoms with Crippen molar-refractivity contribution in [2.24, 2.45) is 5.92 Å². The molecule has 138 valence electrons. The summed E-state index contributed by atoms with van der Waals surface area (Å²) in [7, 11) is 2.18. The Bertz CT molecular complexity index is 661. The van der Waals surface area contributed by atoms with Gasteiger partial charge in [-0.25, -0.2) is 0 Å². The fraction of sp³-hybridized carbons (Fsp3) is 0.667. The zero-order valence-electron chi connectivity index (χ0n) is 15.0. The highest BCUT2D eigenvalue weighted by atomic mass is 35.5. The van der Waals surface area contributed by atoms with Crippen molar-refractivity contribution in [2.75, 3.05) is 46.3 Å². The van der Waals surface area contributed by atoms with Crippen LogP contribution in [0.4, 0.5) is 0 Å². The lowest BCUT2D eigenvalue weighted by Crippen LogP contribution is -2.52. The van der Waals surface area contributed by atoms with Crippen LogP contribution in [0.1, 0.15) is 30.1 Å². The zero-order chi connectivity index (χ0) is 18.0. The molecule has 1 atom stereocenters. The number of hydrogen-bond acceptors (Lipinski definition) is 4. The number of hydrogen-bond donors (Lipinski definition) is 1. The number of H-pyrrole nitrogens is 1. The van der Waals surface area contributed by atoms with Crippen molar-refractivity contribution in [1.29, 1.82) is 0 Å². The molecular formula is C18H27ClN4O2. The van der Waals surface area contributed by atoms with Gasteiger partial charge < -0.3 is 14.8 Å². The summed E-state index contributed by atoms with van der Waals surface area (Å²) in [4.78, 5) is 33.3. The third-order valence-corrected chi connectivity index (χ3v) is 6.01. The molecule has 0 aliphatic carbocycles. The van der Waals surface area contributed by atoms with Gasteiger partial charge in [0.05, 0.1) is 5.56 Å². The third-order valence-electron chi connectivity index (χ3n) is 5.73. The zero-order valence-corrected chi connectivity index (χ0v) is 15.8. The lowest BCUT2D eigenvalue weighted by Gasteiger charge is -2.42. The first-order valence-corrected chi connectivity index (χ1v) is 9.43. The van der Waals surface area contributed by atoms with E-state index in [0.717, 1.165) is 52.1 Å². The van der Waals surface area contributed by atoms with Crippen molar-refractivity contribution in [1.82, 2.24) is 19.7 Å².